The first kappa shape index (κ1) is 20.6. The van der Waals surface area contributed by atoms with Crippen molar-refractivity contribution in [3.8, 4) is 11.3 Å². The molecule has 2 aromatic rings. The summed E-state index contributed by atoms with van der Waals surface area (Å²) in [6.45, 7) is 5.23. The molecule has 1 amide bonds. The first-order chi connectivity index (χ1) is 12.8. The molecule has 1 heterocycles. The fraction of sp³-hybridized carbons (Fsp3) is 0.400. The highest BCUT2D eigenvalue weighted by molar-refractivity contribution is 5.93. The smallest absolute Gasteiger partial charge is 0.339 e. The topological polar surface area (TPSA) is 64.8 Å². The highest BCUT2D eigenvalue weighted by Gasteiger charge is 2.21. The number of quaternary nitrogens is 1. The van der Waals surface area contributed by atoms with Crippen molar-refractivity contribution in [2.45, 2.75) is 20.4 Å². The third kappa shape index (κ3) is 5.40. The normalized spacial score (nSPS) is 10.9. The first-order valence-corrected chi connectivity index (χ1v) is 9.02. The van der Waals surface area contributed by atoms with Crippen molar-refractivity contribution in [1.29, 1.82) is 0 Å². The molecule has 0 aliphatic carbocycles. The van der Waals surface area contributed by atoms with Gasteiger partial charge in [-0.1, -0.05) is 0 Å². The number of esters is 1. The lowest BCUT2D eigenvalue weighted by molar-refractivity contribution is -0.856. The van der Waals surface area contributed by atoms with Crippen LogP contribution in [0.4, 0.5) is 4.39 Å². The number of hydrogen-bond donors (Lipinski definition) is 2. The van der Waals surface area contributed by atoms with Gasteiger partial charge in [0.1, 0.15) is 12.4 Å². The van der Waals surface area contributed by atoms with Gasteiger partial charge >= 0.3 is 5.97 Å². The van der Waals surface area contributed by atoms with Gasteiger partial charge in [-0.25, -0.2) is 9.18 Å². The summed E-state index contributed by atoms with van der Waals surface area (Å²) in [5.74, 6) is -0.925. The minimum Gasteiger partial charge on any atom is -0.462 e. The molecule has 2 N–H and O–H groups in total. The molecule has 2 rings (SSSR count). The number of ether oxygens (including phenoxy) is 1. The molecule has 0 atom stereocenters. The third-order valence-electron chi connectivity index (χ3n) is 4.25. The van der Waals surface area contributed by atoms with Gasteiger partial charge in [-0.3, -0.25) is 4.79 Å². The minimum atomic E-state index is -0.436. The van der Waals surface area contributed by atoms with E-state index < -0.39 is 5.97 Å². The molecule has 0 saturated heterocycles. The summed E-state index contributed by atoms with van der Waals surface area (Å²) in [5, 5.41) is 2.88. The monoisotopic (exact) mass is 376 g/mol. The molecule has 1 aromatic carbocycles. The SMILES string of the molecule is CCOC(=O)c1cc(-c2ccc(F)cc2)n(CC(=O)NCC[NH+](C)C)c1C. The van der Waals surface area contributed by atoms with E-state index in [1.807, 2.05) is 14.1 Å². The lowest BCUT2D eigenvalue weighted by Crippen LogP contribution is -3.06. The van der Waals surface area contributed by atoms with E-state index in [4.69, 9.17) is 4.74 Å². The van der Waals surface area contributed by atoms with Gasteiger partial charge in [0.15, 0.2) is 0 Å². The molecule has 0 unspecified atom stereocenters. The van der Waals surface area contributed by atoms with Gasteiger partial charge in [0.05, 0.1) is 39.4 Å². The number of benzene rings is 1. The number of halogens is 1. The Morgan fingerprint density at radius 2 is 1.89 bits per heavy atom. The van der Waals surface area contributed by atoms with Gasteiger partial charge in [0, 0.05) is 11.4 Å². The number of carbonyl (C=O) groups is 2. The van der Waals surface area contributed by atoms with E-state index in [0.29, 0.717) is 23.5 Å². The van der Waals surface area contributed by atoms with Gasteiger partial charge in [-0.2, -0.15) is 0 Å². The van der Waals surface area contributed by atoms with Crippen LogP contribution >= 0.6 is 0 Å². The average molecular weight is 376 g/mol. The molecule has 0 bridgehead atoms. The molecule has 146 valence electrons. The molecule has 0 aliphatic rings. The number of nitrogens with zero attached hydrogens (tertiary/aromatic N) is 1. The molecule has 0 fully saturated rings. The summed E-state index contributed by atoms with van der Waals surface area (Å²) in [6.07, 6.45) is 0. The molecular weight excluding hydrogens is 349 g/mol. The molecule has 0 saturated carbocycles. The molecule has 0 radical (unpaired) electrons. The molecular formula is C20H27FN3O3+. The maximum atomic E-state index is 13.3. The zero-order valence-electron chi connectivity index (χ0n) is 16.3. The zero-order valence-corrected chi connectivity index (χ0v) is 16.3. The fourth-order valence-corrected chi connectivity index (χ4v) is 2.78. The zero-order chi connectivity index (χ0) is 20.0. The van der Waals surface area contributed by atoms with Crippen molar-refractivity contribution in [2.24, 2.45) is 0 Å². The van der Waals surface area contributed by atoms with Crippen LogP contribution in [0.25, 0.3) is 11.3 Å². The van der Waals surface area contributed by atoms with Gasteiger partial charge in [0.25, 0.3) is 0 Å². The molecule has 0 aliphatic heterocycles. The lowest BCUT2D eigenvalue weighted by Gasteiger charge is -2.13. The Bertz CT molecular complexity index is 798. The van der Waals surface area contributed by atoms with Gasteiger partial charge in [-0.05, 0) is 49.7 Å². The van der Waals surface area contributed by atoms with Crippen LogP contribution in [0.5, 0.6) is 0 Å². The molecule has 7 heteroatoms. The van der Waals surface area contributed by atoms with Gasteiger partial charge in [-0.15, -0.1) is 0 Å². The summed E-state index contributed by atoms with van der Waals surface area (Å²) in [5.41, 5.74) is 2.44. The average Bonchev–Trinajstić information content (AvgIpc) is 2.92. The van der Waals surface area contributed by atoms with Crippen molar-refractivity contribution in [3.63, 3.8) is 0 Å². The summed E-state index contributed by atoms with van der Waals surface area (Å²) in [7, 11) is 4.03. The highest BCUT2D eigenvalue weighted by atomic mass is 19.1. The van der Waals surface area contributed by atoms with Crippen molar-refractivity contribution in [3.05, 3.63) is 47.4 Å². The predicted molar refractivity (Wildman–Crippen MR) is 101 cm³/mol. The number of nitrogens with one attached hydrogen (secondary N) is 2. The Hall–Kier alpha value is -2.67. The van der Waals surface area contributed by atoms with Gasteiger partial charge < -0.3 is 19.5 Å². The van der Waals surface area contributed by atoms with E-state index in [9.17, 15) is 14.0 Å². The molecule has 6 nitrogen and oxygen atoms in total. The van der Waals surface area contributed by atoms with Crippen LogP contribution in [0.15, 0.2) is 30.3 Å². The van der Waals surface area contributed by atoms with E-state index >= 15 is 0 Å². The summed E-state index contributed by atoms with van der Waals surface area (Å²) in [6, 6.07) is 7.65. The fourth-order valence-electron chi connectivity index (χ4n) is 2.78. The summed E-state index contributed by atoms with van der Waals surface area (Å²) < 4.78 is 20.2. The van der Waals surface area contributed by atoms with Crippen molar-refractivity contribution < 1.29 is 23.6 Å². The van der Waals surface area contributed by atoms with E-state index in [2.05, 4.69) is 5.32 Å². The quantitative estimate of drug-likeness (QED) is 0.677. The van der Waals surface area contributed by atoms with Crippen LogP contribution in [-0.4, -0.2) is 50.2 Å². The minimum absolute atomic E-state index is 0.0701. The summed E-state index contributed by atoms with van der Waals surface area (Å²) >= 11 is 0. The van der Waals surface area contributed by atoms with Crippen LogP contribution in [0, 0.1) is 12.7 Å². The number of hydrogen-bond acceptors (Lipinski definition) is 3. The third-order valence-corrected chi connectivity index (χ3v) is 4.25. The standard InChI is InChI=1S/C20H26FN3O3/c1-5-27-20(26)17-12-18(15-6-8-16(21)9-7-15)24(14(17)2)13-19(25)22-10-11-23(3)4/h6-9,12H,5,10-11,13H2,1-4H3,(H,22,25)/p+1. The number of likely N-dealkylation sites (N-methyl/N-ethyl adjacent to an activating group) is 1. The lowest BCUT2D eigenvalue weighted by atomic mass is 10.1. The summed E-state index contributed by atoms with van der Waals surface area (Å²) in [4.78, 5) is 25.9. The van der Waals surface area contributed by atoms with Crippen LogP contribution in [0.1, 0.15) is 23.0 Å². The van der Waals surface area contributed by atoms with Crippen molar-refractivity contribution in [2.75, 3.05) is 33.8 Å². The number of rotatable bonds is 8. The highest BCUT2D eigenvalue weighted by Crippen LogP contribution is 2.27. The van der Waals surface area contributed by atoms with Crippen LogP contribution in [0.3, 0.4) is 0 Å². The molecule has 0 spiro atoms. The Labute approximate surface area is 158 Å². The van der Waals surface area contributed by atoms with Crippen LogP contribution in [0.2, 0.25) is 0 Å². The second-order valence-electron chi connectivity index (χ2n) is 6.65. The predicted octanol–water partition coefficient (Wildman–Crippen LogP) is 1.04. The second kappa shape index (κ2) is 9.32. The van der Waals surface area contributed by atoms with Crippen molar-refractivity contribution >= 4 is 11.9 Å². The second-order valence-corrected chi connectivity index (χ2v) is 6.65. The Morgan fingerprint density at radius 1 is 1.22 bits per heavy atom. The number of carbonyl (C=O) groups excluding carboxylic acids is 2. The molecule has 1 aromatic heterocycles. The van der Waals surface area contributed by atoms with E-state index in [0.717, 1.165) is 12.1 Å². The Kier molecular flexibility index (Phi) is 7.12. The van der Waals surface area contributed by atoms with Crippen molar-refractivity contribution in [1.82, 2.24) is 9.88 Å². The van der Waals surface area contributed by atoms with E-state index in [1.54, 1.807) is 36.6 Å². The van der Waals surface area contributed by atoms with Crippen LogP contribution in [-0.2, 0) is 16.1 Å². The van der Waals surface area contributed by atoms with E-state index in [1.165, 1.54) is 17.0 Å². The Morgan fingerprint density at radius 3 is 2.48 bits per heavy atom. The van der Waals surface area contributed by atoms with E-state index in [-0.39, 0.29) is 24.9 Å². The largest absolute Gasteiger partial charge is 0.462 e. The molecule has 27 heavy (non-hydrogen) atoms. The number of aromatic nitrogens is 1. The maximum Gasteiger partial charge on any atom is 0.339 e. The Balaban J connectivity index is 2.33. The number of amides is 1. The maximum absolute atomic E-state index is 13.3. The first-order valence-electron chi connectivity index (χ1n) is 9.02. The van der Waals surface area contributed by atoms with Gasteiger partial charge in [0.2, 0.25) is 5.91 Å². The van der Waals surface area contributed by atoms with Crippen LogP contribution < -0.4 is 10.2 Å².